The van der Waals surface area contributed by atoms with Gasteiger partial charge in [0.25, 0.3) is 0 Å². The molecule has 0 saturated carbocycles. The van der Waals surface area contributed by atoms with Gasteiger partial charge < -0.3 is 10.2 Å². The van der Waals surface area contributed by atoms with E-state index in [1.54, 1.807) is 0 Å². The summed E-state index contributed by atoms with van der Waals surface area (Å²) in [6.07, 6.45) is 5.41. The van der Waals surface area contributed by atoms with Crippen LogP contribution in [-0.4, -0.2) is 42.0 Å². The van der Waals surface area contributed by atoms with Crippen LogP contribution in [0.25, 0.3) is 0 Å². The Hall–Kier alpha value is -3.76. The molecule has 4 nitrogen and oxygen atoms in total. The lowest BCUT2D eigenvalue weighted by atomic mass is 9.69. The molecule has 0 aliphatic carbocycles. The van der Waals surface area contributed by atoms with Crippen molar-refractivity contribution in [3.05, 3.63) is 138 Å². The van der Waals surface area contributed by atoms with Crippen molar-refractivity contribution >= 4 is 5.91 Å². The molecule has 1 aliphatic rings. The second-order valence-corrected chi connectivity index (χ2v) is 10.7. The van der Waals surface area contributed by atoms with Crippen molar-refractivity contribution in [2.75, 3.05) is 26.2 Å². The van der Waals surface area contributed by atoms with Crippen LogP contribution in [0.2, 0.25) is 0 Å². The fourth-order valence-corrected chi connectivity index (χ4v) is 6.22. The van der Waals surface area contributed by atoms with Gasteiger partial charge >= 0.3 is 0 Å². The van der Waals surface area contributed by atoms with E-state index in [-0.39, 0.29) is 16.7 Å². The Balaban J connectivity index is 1.41. The summed E-state index contributed by atoms with van der Waals surface area (Å²) >= 11 is 0. The van der Waals surface area contributed by atoms with Gasteiger partial charge in [0.05, 0.1) is 11.1 Å². The maximum absolute atomic E-state index is 12.2. The third-order valence-corrected chi connectivity index (χ3v) is 8.58. The molecule has 1 aliphatic heterocycles. The highest BCUT2D eigenvalue weighted by molar-refractivity contribution is 5.75. The zero-order valence-corrected chi connectivity index (χ0v) is 22.9. The number of amides is 1. The molecule has 1 aromatic heterocycles. The quantitative estimate of drug-likeness (QED) is 0.266. The lowest BCUT2D eigenvalue weighted by molar-refractivity contribution is -0.121. The smallest absolute Gasteiger partial charge is 0.219 e. The Morgan fingerprint density at radius 1 is 0.821 bits per heavy atom. The number of aromatic nitrogens is 1. The van der Waals surface area contributed by atoms with Crippen molar-refractivity contribution in [2.45, 2.75) is 43.4 Å². The van der Waals surface area contributed by atoms with E-state index in [0.717, 1.165) is 44.6 Å². The third kappa shape index (κ3) is 5.81. The molecule has 2 heterocycles. The number of hydrogen-bond donors (Lipinski definition) is 1. The van der Waals surface area contributed by atoms with Gasteiger partial charge in [0.15, 0.2) is 0 Å². The first kappa shape index (κ1) is 26.8. The molecule has 0 spiro atoms. The van der Waals surface area contributed by atoms with E-state index in [4.69, 9.17) is 4.98 Å². The molecular formula is C35H39N3O. The fourth-order valence-electron chi connectivity index (χ4n) is 6.22. The van der Waals surface area contributed by atoms with Crippen LogP contribution < -0.4 is 5.32 Å². The Kier molecular flexibility index (Phi) is 8.53. The van der Waals surface area contributed by atoms with Gasteiger partial charge in [-0.1, -0.05) is 104 Å². The standard InChI is InChI=1S/C35H39N3O/c1-2-33(39)37-28-34(29-14-6-3-7-15-29)21-25-38(26-22-34)27-23-35(30-16-8-4-9-17-30,31-18-10-5-11-19-31)32-20-12-13-24-36-32/h3-20,24H,2,21-23,25-28H2,1H3,(H,37,39). The minimum atomic E-state index is -0.340. The summed E-state index contributed by atoms with van der Waals surface area (Å²) in [6, 6.07) is 38.7. The van der Waals surface area contributed by atoms with Crippen molar-refractivity contribution in [2.24, 2.45) is 0 Å². The number of piperidine rings is 1. The molecular weight excluding hydrogens is 478 g/mol. The molecule has 0 unspecified atom stereocenters. The van der Waals surface area contributed by atoms with Crippen molar-refractivity contribution < 1.29 is 4.79 Å². The first-order valence-corrected chi connectivity index (χ1v) is 14.2. The molecule has 3 aromatic carbocycles. The van der Waals surface area contributed by atoms with Gasteiger partial charge in [-0.3, -0.25) is 9.78 Å². The lowest BCUT2D eigenvalue weighted by Crippen LogP contribution is -2.49. The largest absolute Gasteiger partial charge is 0.355 e. The SMILES string of the molecule is CCC(=O)NCC1(c2ccccc2)CCN(CCC(c2ccccc2)(c2ccccc2)c2ccccn2)CC1. The monoisotopic (exact) mass is 517 g/mol. The van der Waals surface area contributed by atoms with E-state index in [1.807, 2.05) is 19.2 Å². The van der Waals surface area contributed by atoms with Gasteiger partial charge in [0.2, 0.25) is 5.91 Å². The normalized spacial score (nSPS) is 15.5. The average molecular weight is 518 g/mol. The van der Waals surface area contributed by atoms with E-state index in [9.17, 15) is 4.79 Å². The topological polar surface area (TPSA) is 45.2 Å². The lowest BCUT2D eigenvalue weighted by Gasteiger charge is -2.44. The molecule has 1 amide bonds. The summed E-state index contributed by atoms with van der Waals surface area (Å²) in [6.45, 7) is 5.58. The van der Waals surface area contributed by atoms with Crippen molar-refractivity contribution in [1.82, 2.24) is 15.2 Å². The minimum absolute atomic E-state index is 0.0282. The summed E-state index contributed by atoms with van der Waals surface area (Å²) in [4.78, 5) is 19.7. The summed E-state index contributed by atoms with van der Waals surface area (Å²) in [5.74, 6) is 0.124. The fraction of sp³-hybridized carbons (Fsp3) is 0.314. The highest BCUT2D eigenvalue weighted by atomic mass is 16.1. The molecule has 0 bridgehead atoms. The number of carbonyl (C=O) groups excluding carboxylic acids is 1. The molecule has 1 N–H and O–H groups in total. The second kappa shape index (κ2) is 12.4. The zero-order chi connectivity index (χ0) is 27.0. The second-order valence-electron chi connectivity index (χ2n) is 10.7. The van der Waals surface area contributed by atoms with Crippen LogP contribution in [0.4, 0.5) is 0 Å². The van der Waals surface area contributed by atoms with Gasteiger partial charge in [-0.2, -0.15) is 0 Å². The van der Waals surface area contributed by atoms with Gasteiger partial charge in [-0.15, -0.1) is 0 Å². The van der Waals surface area contributed by atoms with E-state index in [1.165, 1.54) is 16.7 Å². The summed E-state index contributed by atoms with van der Waals surface area (Å²) in [5.41, 5.74) is 4.59. The number of nitrogens with one attached hydrogen (secondary N) is 1. The van der Waals surface area contributed by atoms with Crippen LogP contribution in [0.1, 0.15) is 55.0 Å². The number of nitrogens with zero attached hydrogens (tertiary/aromatic N) is 2. The zero-order valence-electron chi connectivity index (χ0n) is 22.9. The van der Waals surface area contributed by atoms with Gasteiger partial charge in [0.1, 0.15) is 0 Å². The average Bonchev–Trinajstić information content (AvgIpc) is 3.03. The van der Waals surface area contributed by atoms with Crippen molar-refractivity contribution in [3.63, 3.8) is 0 Å². The first-order valence-electron chi connectivity index (χ1n) is 14.2. The molecule has 1 saturated heterocycles. The molecule has 4 aromatic rings. The first-order chi connectivity index (χ1) is 19.2. The third-order valence-electron chi connectivity index (χ3n) is 8.58. The van der Waals surface area contributed by atoms with Gasteiger partial charge in [-0.05, 0) is 67.7 Å². The van der Waals surface area contributed by atoms with E-state index in [2.05, 4.69) is 113 Å². The van der Waals surface area contributed by atoms with Crippen LogP contribution in [-0.2, 0) is 15.6 Å². The number of pyridine rings is 1. The molecule has 0 radical (unpaired) electrons. The summed E-state index contributed by atoms with van der Waals surface area (Å²) in [5, 5.41) is 3.21. The van der Waals surface area contributed by atoms with E-state index < -0.39 is 0 Å². The van der Waals surface area contributed by atoms with Crippen LogP contribution in [0.5, 0.6) is 0 Å². The minimum Gasteiger partial charge on any atom is -0.355 e. The molecule has 200 valence electrons. The van der Waals surface area contributed by atoms with Crippen LogP contribution in [0.3, 0.4) is 0 Å². The van der Waals surface area contributed by atoms with Crippen molar-refractivity contribution in [3.8, 4) is 0 Å². The predicted molar refractivity (Wildman–Crippen MR) is 159 cm³/mol. The van der Waals surface area contributed by atoms with E-state index >= 15 is 0 Å². The van der Waals surface area contributed by atoms with E-state index in [0.29, 0.717) is 13.0 Å². The van der Waals surface area contributed by atoms with Gasteiger partial charge in [-0.25, -0.2) is 0 Å². The highest BCUT2D eigenvalue weighted by Gasteiger charge is 2.40. The number of rotatable bonds is 10. The maximum Gasteiger partial charge on any atom is 0.219 e. The Bertz CT molecular complexity index is 1200. The van der Waals surface area contributed by atoms with Crippen LogP contribution in [0.15, 0.2) is 115 Å². The Labute approximate surface area is 233 Å². The summed E-state index contributed by atoms with van der Waals surface area (Å²) < 4.78 is 0. The number of hydrogen-bond acceptors (Lipinski definition) is 3. The molecule has 4 heteroatoms. The molecule has 39 heavy (non-hydrogen) atoms. The molecule has 1 fully saturated rings. The van der Waals surface area contributed by atoms with Gasteiger partial charge in [0, 0.05) is 24.6 Å². The van der Waals surface area contributed by atoms with Crippen LogP contribution >= 0.6 is 0 Å². The number of benzene rings is 3. The number of carbonyl (C=O) groups is 1. The Morgan fingerprint density at radius 2 is 1.38 bits per heavy atom. The summed E-state index contributed by atoms with van der Waals surface area (Å²) in [7, 11) is 0. The maximum atomic E-state index is 12.2. The number of likely N-dealkylation sites (tertiary alicyclic amines) is 1. The molecule has 5 rings (SSSR count). The Morgan fingerprint density at radius 3 is 1.92 bits per heavy atom. The van der Waals surface area contributed by atoms with Crippen molar-refractivity contribution in [1.29, 1.82) is 0 Å². The van der Waals surface area contributed by atoms with Crippen LogP contribution in [0, 0.1) is 0 Å². The molecule has 0 atom stereocenters. The predicted octanol–water partition coefficient (Wildman–Crippen LogP) is 6.37. The highest BCUT2D eigenvalue weighted by Crippen LogP contribution is 2.42.